The van der Waals surface area contributed by atoms with E-state index in [1.807, 2.05) is 39.0 Å². The summed E-state index contributed by atoms with van der Waals surface area (Å²) in [6.07, 6.45) is 1.80. The number of nitrogens with one attached hydrogen (secondary N) is 1. The Balaban J connectivity index is 1.49. The fourth-order valence-electron chi connectivity index (χ4n) is 3.68. The number of carbonyl (C=O) groups excluding carboxylic acids is 2. The summed E-state index contributed by atoms with van der Waals surface area (Å²) < 4.78 is 16.8. The van der Waals surface area contributed by atoms with Crippen molar-refractivity contribution < 1.29 is 23.8 Å². The normalized spacial score (nSPS) is 14.7. The molecule has 0 spiro atoms. The van der Waals surface area contributed by atoms with Crippen LogP contribution in [0.2, 0.25) is 0 Å². The van der Waals surface area contributed by atoms with Crippen LogP contribution in [-0.2, 0) is 11.2 Å². The van der Waals surface area contributed by atoms with Crippen LogP contribution in [0.1, 0.15) is 49.5 Å². The number of ether oxygens (including phenoxy) is 3. The molecule has 2 amide bonds. The molecule has 1 unspecified atom stereocenters. The Morgan fingerprint density at radius 2 is 1.91 bits per heavy atom. The standard InChI is InChI=1S/C26H34N2O5/c1-26(2,3)33-25(30)28(18-22-16-19-10-5-6-13-23(19)32-22)15-8-7-14-27-24(29)20-11-9-12-21(17-20)31-4/h5-6,9-13,17,22H,7-8,14-16,18H2,1-4H3,(H,27,29). The quantitative estimate of drug-likeness (QED) is 0.567. The number of hydrogen-bond donors (Lipinski definition) is 1. The summed E-state index contributed by atoms with van der Waals surface area (Å²) in [5.41, 5.74) is 1.15. The highest BCUT2D eigenvalue weighted by Gasteiger charge is 2.29. The van der Waals surface area contributed by atoms with Gasteiger partial charge in [0.1, 0.15) is 23.2 Å². The van der Waals surface area contributed by atoms with Crippen molar-refractivity contribution in [2.45, 2.75) is 51.7 Å². The summed E-state index contributed by atoms with van der Waals surface area (Å²) in [5.74, 6) is 1.38. The molecule has 0 saturated heterocycles. The van der Waals surface area contributed by atoms with E-state index in [-0.39, 0.29) is 18.1 Å². The van der Waals surface area contributed by atoms with Gasteiger partial charge in [-0.25, -0.2) is 4.79 Å². The molecule has 1 atom stereocenters. The average Bonchev–Trinajstić information content (AvgIpc) is 3.19. The number of nitrogens with zero attached hydrogens (tertiary/aromatic N) is 1. The van der Waals surface area contributed by atoms with Crippen LogP contribution >= 0.6 is 0 Å². The molecule has 0 bridgehead atoms. The van der Waals surface area contributed by atoms with Gasteiger partial charge in [-0.05, 0) is 63.4 Å². The largest absolute Gasteiger partial charge is 0.497 e. The van der Waals surface area contributed by atoms with Gasteiger partial charge in [0.2, 0.25) is 0 Å². The molecule has 0 fully saturated rings. The SMILES string of the molecule is COc1cccc(C(=O)NCCCCN(CC2Cc3ccccc3O2)C(=O)OC(C)(C)C)c1. The zero-order valence-corrected chi connectivity index (χ0v) is 19.9. The number of methoxy groups -OCH3 is 1. The van der Waals surface area contributed by atoms with Crippen molar-refractivity contribution in [1.82, 2.24) is 10.2 Å². The third-order valence-corrected chi connectivity index (χ3v) is 5.26. The number of hydrogen-bond acceptors (Lipinski definition) is 5. The number of para-hydroxylation sites is 1. The summed E-state index contributed by atoms with van der Waals surface area (Å²) in [5, 5.41) is 2.92. The van der Waals surface area contributed by atoms with Gasteiger partial charge in [0.25, 0.3) is 5.91 Å². The van der Waals surface area contributed by atoms with E-state index in [1.54, 1.807) is 36.3 Å². The molecule has 1 aliphatic heterocycles. The molecule has 0 radical (unpaired) electrons. The van der Waals surface area contributed by atoms with Crippen molar-refractivity contribution >= 4 is 12.0 Å². The average molecular weight is 455 g/mol. The van der Waals surface area contributed by atoms with Gasteiger partial charge in [-0.15, -0.1) is 0 Å². The first-order chi connectivity index (χ1) is 15.7. The van der Waals surface area contributed by atoms with E-state index in [0.29, 0.717) is 30.9 Å². The Hall–Kier alpha value is -3.22. The van der Waals surface area contributed by atoms with Gasteiger partial charge in [-0.2, -0.15) is 0 Å². The first-order valence-electron chi connectivity index (χ1n) is 11.4. The molecule has 7 heteroatoms. The van der Waals surface area contributed by atoms with Gasteiger partial charge < -0.3 is 24.4 Å². The molecular formula is C26H34N2O5. The van der Waals surface area contributed by atoms with Gasteiger partial charge >= 0.3 is 6.09 Å². The van der Waals surface area contributed by atoms with Crippen LogP contribution in [0.5, 0.6) is 11.5 Å². The molecule has 1 aliphatic rings. The van der Waals surface area contributed by atoms with Gasteiger partial charge in [0.15, 0.2) is 0 Å². The van der Waals surface area contributed by atoms with Gasteiger partial charge in [0.05, 0.1) is 13.7 Å². The topological polar surface area (TPSA) is 77.1 Å². The fourth-order valence-corrected chi connectivity index (χ4v) is 3.68. The monoisotopic (exact) mass is 454 g/mol. The number of carbonyl (C=O) groups is 2. The zero-order valence-electron chi connectivity index (χ0n) is 19.9. The van der Waals surface area contributed by atoms with E-state index in [4.69, 9.17) is 14.2 Å². The van der Waals surface area contributed by atoms with Crippen LogP contribution in [0, 0.1) is 0 Å². The molecule has 33 heavy (non-hydrogen) atoms. The summed E-state index contributed by atoms with van der Waals surface area (Å²) in [7, 11) is 1.57. The highest BCUT2D eigenvalue weighted by molar-refractivity contribution is 5.94. The molecule has 178 valence electrons. The van der Waals surface area contributed by atoms with Crippen molar-refractivity contribution in [2.24, 2.45) is 0 Å². The summed E-state index contributed by atoms with van der Waals surface area (Å²) in [6, 6.07) is 15.0. The number of fused-ring (bicyclic) bond motifs is 1. The Bertz CT molecular complexity index is 929. The molecule has 3 rings (SSSR count). The van der Waals surface area contributed by atoms with E-state index in [1.165, 1.54) is 0 Å². The summed E-state index contributed by atoms with van der Waals surface area (Å²) in [4.78, 5) is 26.9. The molecule has 2 aromatic carbocycles. The zero-order chi connectivity index (χ0) is 23.8. The van der Waals surface area contributed by atoms with Crippen molar-refractivity contribution in [2.75, 3.05) is 26.7 Å². The molecule has 2 aromatic rings. The Kier molecular flexibility index (Phi) is 8.20. The summed E-state index contributed by atoms with van der Waals surface area (Å²) in [6.45, 7) is 7.08. The van der Waals surface area contributed by atoms with E-state index < -0.39 is 5.60 Å². The lowest BCUT2D eigenvalue weighted by molar-refractivity contribution is 0.0179. The lowest BCUT2D eigenvalue weighted by atomic mass is 10.1. The second kappa shape index (κ2) is 11.1. The Morgan fingerprint density at radius 1 is 1.12 bits per heavy atom. The van der Waals surface area contributed by atoms with Crippen LogP contribution in [0.4, 0.5) is 4.79 Å². The molecule has 0 aromatic heterocycles. The maximum Gasteiger partial charge on any atom is 0.410 e. The number of rotatable bonds is 9. The third kappa shape index (κ3) is 7.41. The maximum absolute atomic E-state index is 12.8. The fraction of sp³-hybridized carbons (Fsp3) is 0.462. The lowest BCUT2D eigenvalue weighted by Crippen LogP contribution is -2.43. The van der Waals surface area contributed by atoms with Crippen LogP contribution in [0.15, 0.2) is 48.5 Å². The second-order valence-electron chi connectivity index (χ2n) is 9.17. The minimum absolute atomic E-state index is 0.0947. The molecular weight excluding hydrogens is 420 g/mol. The van der Waals surface area contributed by atoms with E-state index >= 15 is 0 Å². The van der Waals surface area contributed by atoms with Gasteiger partial charge in [-0.3, -0.25) is 4.79 Å². The number of amides is 2. The molecule has 0 saturated carbocycles. The predicted octanol–water partition coefficient (Wildman–Crippen LogP) is 4.45. The smallest absolute Gasteiger partial charge is 0.410 e. The van der Waals surface area contributed by atoms with Crippen molar-refractivity contribution in [3.8, 4) is 11.5 Å². The van der Waals surface area contributed by atoms with Gasteiger partial charge in [0, 0.05) is 25.1 Å². The Morgan fingerprint density at radius 3 is 2.64 bits per heavy atom. The minimum Gasteiger partial charge on any atom is -0.497 e. The van der Waals surface area contributed by atoms with Gasteiger partial charge in [-0.1, -0.05) is 24.3 Å². The van der Waals surface area contributed by atoms with Crippen LogP contribution < -0.4 is 14.8 Å². The highest BCUT2D eigenvalue weighted by atomic mass is 16.6. The van der Waals surface area contributed by atoms with E-state index in [9.17, 15) is 9.59 Å². The number of benzene rings is 2. The number of unbranched alkanes of at least 4 members (excludes halogenated alkanes) is 1. The van der Waals surface area contributed by atoms with Crippen LogP contribution in [0.25, 0.3) is 0 Å². The van der Waals surface area contributed by atoms with E-state index in [0.717, 1.165) is 30.6 Å². The highest BCUT2D eigenvalue weighted by Crippen LogP contribution is 2.28. The van der Waals surface area contributed by atoms with Crippen LogP contribution in [0.3, 0.4) is 0 Å². The minimum atomic E-state index is -0.570. The predicted molar refractivity (Wildman–Crippen MR) is 127 cm³/mol. The lowest BCUT2D eigenvalue weighted by Gasteiger charge is -2.29. The first kappa shape index (κ1) is 24.4. The Labute approximate surface area is 196 Å². The van der Waals surface area contributed by atoms with E-state index in [2.05, 4.69) is 11.4 Å². The maximum atomic E-state index is 12.8. The second-order valence-corrected chi connectivity index (χ2v) is 9.17. The van der Waals surface area contributed by atoms with Crippen molar-refractivity contribution in [3.05, 3.63) is 59.7 Å². The van der Waals surface area contributed by atoms with Crippen molar-refractivity contribution in [1.29, 1.82) is 0 Å². The molecule has 1 N–H and O–H groups in total. The van der Waals surface area contributed by atoms with Crippen LogP contribution in [-0.4, -0.2) is 55.3 Å². The molecule has 1 heterocycles. The summed E-state index contributed by atoms with van der Waals surface area (Å²) >= 11 is 0. The van der Waals surface area contributed by atoms with Crippen molar-refractivity contribution in [3.63, 3.8) is 0 Å². The molecule has 7 nitrogen and oxygen atoms in total. The third-order valence-electron chi connectivity index (χ3n) is 5.26. The molecule has 0 aliphatic carbocycles. The first-order valence-corrected chi connectivity index (χ1v) is 11.4.